The van der Waals surface area contributed by atoms with E-state index in [0.717, 1.165) is 12.8 Å². The van der Waals surface area contributed by atoms with Crippen molar-refractivity contribution in [3.05, 3.63) is 24.3 Å². The summed E-state index contributed by atoms with van der Waals surface area (Å²) in [6, 6.07) is 6.73. The third-order valence-electron chi connectivity index (χ3n) is 4.89. The van der Waals surface area contributed by atoms with Crippen LogP contribution < -0.4 is 15.4 Å². The molecule has 1 aromatic carbocycles. The summed E-state index contributed by atoms with van der Waals surface area (Å²) in [6.07, 6.45) is 1.48. The van der Waals surface area contributed by atoms with Gasteiger partial charge >= 0.3 is 12.1 Å². The van der Waals surface area contributed by atoms with Crippen LogP contribution in [0.5, 0.6) is 5.75 Å². The third-order valence-corrected chi connectivity index (χ3v) is 4.89. The van der Waals surface area contributed by atoms with E-state index in [1.807, 2.05) is 27.7 Å². The lowest BCUT2D eigenvalue weighted by Gasteiger charge is -2.35. The van der Waals surface area contributed by atoms with Crippen molar-refractivity contribution in [3.63, 3.8) is 0 Å². The molecule has 9 nitrogen and oxygen atoms in total. The van der Waals surface area contributed by atoms with Crippen molar-refractivity contribution in [3.8, 4) is 5.75 Å². The van der Waals surface area contributed by atoms with E-state index in [2.05, 4.69) is 10.6 Å². The highest BCUT2D eigenvalue weighted by Crippen LogP contribution is 2.21. The van der Waals surface area contributed by atoms with Crippen LogP contribution in [0.15, 0.2) is 24.3 Å². The Hall–Kier alpha value is -2.97. The van der Waals surface area contributed by atoms with E-state index in [4.69, 9.17) is 9.47 Å². The van der Waals surface area contributed by atoms with Crippen molar-refractivity contribution in [2.45, 2.75) is 46.1 Å². The van der Waals surface area contributed by atoms with E-state index in [-0.39, 0.29) is 30.6 Å². The van der Waals surface area contributed by atoms with Crippen molar-refractivity contribution in [1.29, 1.82) is 0 Å². The molecule has 0 radical (unpaired) electrons. The van der Waals surface area contributed by atoms with E-state index in [1.54, 1.807) is 41.1 Å². The molecule has 32 heavy (non-hydrogen) atoms. The number of nitrogens with zero attached hydrogens (tertiary/aromatic N) is 2. The maximum Gasteiger partial charge on any atom is 0.410 e. The third kappa shape index (κ3) is 8.64. The number of hydrogen-bond acceptors (Lipinski definition) is 5. The molecule has 1 aliphatic rings. The van der Waals surface area contributed by atoms with Crippen molar-refractivity contribution < 1.29 is 23.9 Å². The number of likely N-dealkylation sites (tertiary alicyclic amines) is 1. The molecule has 2 rings (SSSR count). The van der Waals surface area contributed by atoms with Gasteiger partial charge in [0.05, 0.1) is 0 Å². The quantitative estimate of drug-likeness (QED) is 0.667. The minimum absolute atomic E-state index is 0.0492. The average molecular weight is 449 g/mol. The van der Waals surface area contributed by atoms with Gasteiger partial charge in [-0.2, -0.15) is 0 Å². The number of carbonyl (C=O) groups excluding carboxylic acids is 3. The van der Waals surface area contributed by atoms with Crippen LogP contribution in [-0.2, 0) is 9.53 Å². The number of hydrogen-bond donors (Lipinski definition) is 2. The Labute approximate surface area is 190 Å². The van der Waals surface area contributed by atoms with Gasteiger partial charge in [-0.15, -0.1) is 0 Å². The van der Waals surface area contributed by atoms with Gasteiger partial charge in [-0.1, -0.05) is 0 Å². The highest BCUT2D eigenvalue weighted by atomic mass is 16.6. The number of rotatable bonds is 7. The maximum absolute atomic E-state index is 12.7. The average Bonchev–Trinajstić information content (AvgIpc) is 2.72. The van der Waals surface area contributed by atoms with E-state index in [1.165, 1.54) is 0 Å². The molecule has 0 saturated carbocycles. The molecule has 9 heteroatoms. The molecular weight excluding hydrogens is 412 g/mol. The molecule has 178 valence electrons. The van der Waals surface area contributed by atoms with Gasteiger partial charge in [-0.3, -0.25) is 4.79 Å². The Morgan fingerprint density at radius 3 is 2.50 bits per heavy atom. The topological polar surface area (TPSA) is 100 Å². The molecule has 0 bridgehead atoms. The van der Waals surface area contributed by atoms with E-state index >= 15 is 0 Å². The molecule has 1 aromatic rings. The van der Waals surface area contributed by atoms with Crippen LogP contribution in [0.25, 0.3) is 0 Å². The summed E-state index contributed by atoms with van der Waals surface area (Å²) in [5.41, 5.74) is 0.111. The number of carbonyl (C=O) groups is 3. The summed E-state index contributed by atoms with van der Waals surface area (Å²) >= 11 is 0. The SMILES string of the molecule is CCNC(=O)COc1ccc(NC(=O)N2CCCC(CN(C)C(=O)OC(C)(C)C)C2)cc1. The van der Waals surface area contributed by atoms with Crippen LogP contribution >= 0.6 is 0 Å². The zero-order chi connectivity index (χ0) is 23.7. The number of nitrogens with one attached hydrogen (secondary N) is 2. The Morgan fingerprint density at radius 2 is 1.88 bits per heavy atom. The molecule has 1 unspecified atom stereocenters. The highest BCUT2D eigenvalue weighted by molar-refractivity contribution is 5.89. The molecule has 1 atom stereocenters. The van der Waals surface area contributed by atoms with Crippen molar-refractivity contribution in [2.75, 3.05) is 45.2 Å². The molecular formula is C23H36N4O5. The van der Waals surface area contributed by atoms with Crippen molar-refractivity contribution in [2.24, 2.45) is 5.92 Å². The molecule has 1 aliphatic heterocycles. The second-order valence-corrected chi connectivity index (χ2v) is 9.01. The molecule has 0 aromatic heterocycles. The first-order valence-electron chi connectivity index (χ1n) is 11.1. The first kappa shape index (κ1) is 25.3. The molecule has 0 aliphatic carbocycles. The summed E-state index contributed by atoms with van der Waals surface area (Å²) in [5.74, 6) is 0.566. The second kappa shape index (κ2) is 11.6. The summed E-state index contributed by atoms with van der Waals surface area (Å²) < 4.78 is 10.8. The van der Waals surface area contributed by atoms with Gasteiger partial charge < -0.3 is 29.9 Å². The van der Waals surface area contributed by atoms with E-state index in [9.17, 15) is 14.4 Å². The minimum atomic E-state index is -0.535. The summed E-state index contributed by atoms with van der Waals surface area (Å²) in [7, 11) is 1.72. The first-order chi connectivity index (χ1) is 15.1. The second-order valence-electron chi connectivity index (χ2n) is 9.01. The Bertz CT molecular complexity index is 776. The minimum Gasteiger partial charge on any atom is -0.484 e. The Kier molecular flexibility index (Phi) is 9.16. The normalized spacial score (nSPS) is 16.2. The smallest absolute Gasteiger partial charge is 0.410 e. The first-order valence-corrected chi connectivity index (χ1v) is 11.1. The van der Waals surface area contributed by atoms with E-state index < -0.39 is 5.60 Å². The van der Waals surface area contributed by atoms with Crippen LogP contribution in [0, 0.1) is 5.92 Å². The van der Waals surface area contributed by atoms with Crippen LogP contribution in [0.1, 0.15) is 40.5 Å². The fraction of sp³-hybridized carbons (Fsp3) is 0.609. The van der Waals surface area contributed by atoms with Gasteiger partial charge in [0.1, 0.15) is 11.4 Å². The van der Waals surface area contributed by atoms with Gasteiger partial charge in [-0.05, 0) is 70.7 Å². The predicted octanol–water partition coefficient (Wildman–Crippen LogP) is 3.31. The molecule has 1 saturated heterocycles. The van der Waals surface area contributed by atoms with Gasteiger partial charge in [-0.25, -0.2) is 9.59 Å². The lowest BCUT2D eigenvalue weighted by molar-refractivity contribution is -0.122. The molecule has 4 amide bonds. The zero-order valence-electron chi connectivity index (χ0n) is 19.8. The molecule has 0 spiro atoms. The zero-order valence-corrected chi connectivity index (χ0v) is 19.8. The van der Waals surface area contributed by atoms with Crippen molar-refractivity contribution in [1.82, 2.24) is 15.1 Å². The highest BCUT2D eigenvalue weighted by Gasteiger charge is 2.27. The van der Waals surface area contributed by atoms with Crippen LogP contribution in [-0.4, -0.2) is 73.3 Å². The number of benzene rings is 1. The molecule has 1 heterocycles. The molecule has 2 N–H and O–H groups in total. The number of urea groups is 1. The number of anilines is 1. The number of amides is 4. The summed E-state index contributed by atoms with van der Waals surface area (Å²) in [4.78, 5) is 39.8. The van der Waals surface area contributed by atoms with E-state index in [0.29, 0.717) is 37.6 Å². The number of likely N-dealkylation sites (N-methyl/N-ethyl adjacent to an activating group) is 1. The standard InChI is InChI=1S/C23H36N4O5/c1-6-24-20(28)16-31-19-11-9-18(10-12-19)25-21(29)27-13-7-8-17(15-27)14-26(5)22(30)32-23(2,3)4/h9-12,17H,6-8,13-16H2,1-5H3,(H,24,28)(H,25,29). The number of piperidine rings is 1. The lowest BCUT2D eigenvalue weighted by Crippen LogP contribution is -2.46. The number of ether oxygens (including phenoxy) is 2. The predicted molar refractivity (Wildman–Crippen MR) is 123 cm³/mol. The van der Waals surface area contributed by atoms with Crippen molar-refractivity contribution >= 4 is 23.7 Å². The fourth-order valence-electron chi connectivity index (χ4n) is 3.43. The van der Waals surface area contributed by atoms with Gasteiger partial charge in [0.2, 0.25) is 0 Å². The lowest BCUT2D eigenvalue weighted by atomic mass is 9.98. The largest absolute Gasteiger partial charge is 0.484 e. The monoisotopic (exact) mass is 448 g/mol. The summed E-state index contributed by atoms with van der Waals surface area (Å²) in [6.45, 7) is 9.66. The maximum atomic E-state index is 12.7. The molecule has 1 fully saturated rings. The van der Waals surface area contributed by atoms with Gasteiger partial charge in [0.25, 0.3) is 5.91 Å². The van der Waals surface area contributed by atoms with Crippen LogP contribution in [0.4, 0.5) is 15.3 Å². The van der Waals surface area contributed by atoms with Gasteiger partial charge in [0.15, 0.2) is 6.61 Å². The van der Waals surface area contributed by atoms with Crippen LogP contribution in [0.2, 0.25) is 0 Å². The van der Waals surface area contributed by atoms with Gasteiger partial charge in [0, 0.05) is 38.9 Å². The fourth-order valence-corrected chi connectivity index (χ4v) is 3.43. The Balaban J connectivity index is 1.82. The summed E-state index contributed by atoms with van der Waals surface area (Å²) in [5, 5.41) is 5.56. The van der Waals surface area contributed by atoms with Crippen LogP contribution in [0.3, 0.4) is 0 Å². The Morgan fingerprint density at radius 1 is 1.19 bits per heavy atom.